The van der Waals surface area contributed by atoms with E-state index in [1.54, 1.807) is 17.4 Å². The van der Waals surface area contributed by atoms with Crippen LogP contribution in [0.1, 0.15) is 28.0 Å². The van der Waals surface area contributed by atoms with Gasteiger partial charge in [-0.3, -0.25) is 4.79 Å². The summed E-state index contributed by atoms with van der Waals surface area (Å²) < 4.78 is 5.35. The van der Waals surface area contributed by atoms with Crippen molar-refractivity contribution in [2.45, 2.75) is 25.4 Å². The quantitative estimate of drug-likeness (QED) is 0.505. The fraction of sp³-hybridized carbons (Fsp3) is 0.409. The molecule has 170 valence electrons. The molecule has 3 N–H and O–H groups in total. The molecule has 1 aliphatic carbocycles. The molecule has 32 heavy (non-hydrogen) atoms. The molecule has 2 heterocycles. The minimum Gasteiger partial charge on any atom is -0.449 e. The maximum absolute atomic E-state index is 12.3. The van der Waals surface area contributed by atoms with Crippen LogP contribution in [0.5, 0.6) is 0 Å². The number of carbonyl (C=O) groups is 2. The predicted octanol–water partition coefficient (Wildman–Crippen LogP) is 2.86. The molecule has 2 atom stereocenters. The third-order valence-electron chi connectivity index (χ3n) is 5.14. The second-order valence-electron chi connectivity index (χ2n) is 7.60. The van der Waals surface area contributed by atoms with Gasteiger partial charge in [-0.25, -0.2) is 4.79 Å². The van der Waals surface area contributed by atoms with Gasteiger partial charge in [0.1, 0.15) is 11.1 Å². The number of ether oxygens (including phenoxy) is 1. The first kappa shape index (κ1) is 23.9. The van der Waals surface area contributed by atoms with Gasteiger partial charge in [-0.1, -0.05) is 0 Å². The van der Waals surface area contributed by atoms with Gasteiger partial charge in [-0.05, 0) is 59.2 Å². The van der Waals surface area contributed by atoms with Gasteiger partial charge in [0, 0.05) is 18.0 Å². The molecule has 0 aromatic carbocycles. The van der Waals surface area contributed by atoms with Crippen molar-refractivity contribution >= 4 is 45.8 Å². The number of nitrogens with zero attached hydrogens (tertiary/aromatic N) is 2. The van der Waals surface area contributed by atoms with Gasteiger partial charge >= 0.3 is 6.09 Å². The summed E-state index contributed by atoms with van der Waals surface area (Å²) >= 11 is 2.95. The van der Waals surface area contributed by atoms with Gasteiger partial charge in [0.2, 0.25) is 5.91 Å². The van der Waals surface area contributed by atoms with E-state index in [0.29, 0.717) is 23.4 Å². The van der Waals surface area contributed by atoms with Crippen LogP contribution in [0.4, 0.5) is 9.80 Å². The van der Waals surface area contributed by atoms with E-state index in [0.717, 1.165) is 22.4 Å². The number of fused-ring (bicyclic) bond motifs is 1. The molecule has 0 spiro atoms. The molecule has 2 unspecified atom stereocenters. The number of rotatable bonds is 8. The fourth-order valence-corrected chi connectivity index (χ4v) is 5.39. The Morgan fingerprint density at radius 3 is 3.00 bits per heavy atom. The third-order valence-corrected chi connectivity index (χ3v) is 7.01. The number of aliphatic hydroxyl groups is 2. The minimum atomic E-state index is -1.01. The SMILES string of the molecule is CN(CC(O)CO)C(=O)OCC1CCc2c(sc(NC(=O)C=Cc3ccsc3)c2C#N)C1. The molecule has 0 bridgehead atoms. The summed E-state index contributed by atoms with van der Waals surface area (Å²) in [6, 6.07) is 4.13. The first-order chi connectivity index (χ1) is 15.4. The Hall–Kier alpha value is -2.71. The lowest BCUT2D eigenvalue weighted by Gasteiger charge is -2.24. The van der Waals surface area contributed by atoms with Crippen molar-refractivity contribution < 1.29 is 24.5 Å². The van der Waals surface area contributed by atoms with Gasteiger partial charge < -0.3 is 25.2 Å². The average molecular weight is 476 g/mol. The zero-order valence-corrected chi connectivity index (χ0v) is 19.2. The molecular weight excluding hydrogens is 450 g/mol. The summed E-state index contributed by atoms with van der Waals surface area (Å²) in [4.78, 5) is 26.6. The van der Waals surface area contributed by atoms with Crippen molar-refractivity contribution in [2.24, 2.45) is 5.92 Å². The van der Waals surface area contributed by atoms with Crippen LogP contribution in [-0.4, -0.2) is 60.0 Å². The molecule has 2 amide bonds. The van der Waals surface area contributed by atoms with E-state index in [2.05, 4.69) is 11.4 Å². The maximum atomic E-state index is 12.3. The number of hydrogen-bond donors (Lipinski definition) is 3. The Morgan fingerprint density at radius 2 is 2.31 bits per heavy atom. The molecule has 0 saturated heterocycles. The highest BCUT2D eigenvalue weighted by molar-refractivity contribution is 7.16. The van der Waals surface area contributed by atoms with Crippen LogP contribution < -0.4 is 5.32 Å². The molecular formula is C22H25N3O5S2. The topological polar surface area (TPSA) is 123 Å². The fourth-order valence-electron chi connectivity index (χ4n) is 3.45. The van der Waals surface area contributed by atoms with Crippen molar-refractivity contribution in [1.82, 2.24) is 4.90 Å². The van der Waals surface area contributed by atoms with Crippen molar-refractivity contribution in [2.75, 3.05) is 32.1 Å². The highest BCUT2D eigenvalue weighted by atomic mass is 32.1. The lowest BCUT2D eigenvalue weighted by atomic mass is 9.88. The summed E-state index contributed by atoms with van der Waals surface area (Å²) in [6.07, 6.45) is 3.72. The normalized spacial score (nSPS) is 16.2. The smallest absolute Gasteiger partial charge is 0.409 e. The summed E-state index contributed by atoms with van der Waals surface area (Å²) in [7, 11) is 1.50. The summed E-state index contributed by atoms with van der Waals surface area (Å²) in [5, 5.41) is 35.2. The van der Waals surface area contributed by atoms with E-state index < -0.39 is 18.8 Å². The number of amides is 2. The molecule has 0 saturated carbocycles. The number of thiophene rings is 2. The zero-order valence-electron chi connectivity index (χ0n) is 17.6. The minimum absolute atomic E-state index is 0.00941. The first-order valence-electron chi connectivity index (χ1n) is 10.1. The van der Waals surface area contributed by atoms with E-state index >= 15 is 0 Å². The summed E-state index contributed by atoms with van der Waals surface area (Å²) in [6.45, 7) is -0.210. The van der Waals surface area contributed by atoms with E-state index in [4.69, 9.17) is 9.84 Å². The molecule has 0 aliphatic heterocycles. The van der Waals surface area contributed by atoms with Crippen molar-refractivity contribution in [1.29, 1.82) is 5.26 Å². The molecule has 10 heteroatoms. The van der Waals surface area contributed by atoms with Crippen molar-refractivity contribution in [3.63, 3.8) is 0 Å². The Kier molecular flexibility index (Phi) is 8.41. The maximum Gasteiger partial charge on any atom is 0.409 e. The monoisotopic (exact) mass is 475 g/mol. The number of hydrogen-bond acceptors (Lipinski definition) is 8. The number of likely N-dealkylation sites (N-methyl/N-ethyl adjacent to an activating group) is 1. The largest absolute Gasteiger partial charge is 0.449 e. The predicted molar refractivity (Wildman–Crippen MR) is 124 cm³/mol. The Labute approximate surface area is 194 Å². The number of carbonyl (C=O) groups excluding carboxylic acids is 2. The van der Waals surface area contributed by atoms with Crippen LogP contribution in [-0.2, 0) is 22.4 Å². The van der Waals surface area contributed by atoms with Gasteiger partial charge in [0.05, 0.1) is 31.4 Å². The number of aliphatic hydroxyl groups excluding tert-OH is 2. The highest BCUT2D eigenvalue weighted by Gasteiger charge is 2.27. The molecule has 8 nitrogen and oxygen atoms in total. The van der Waals surface area contributed by atoms with Crippen LogP contribution in [0.3, 0.4) is 0 Å². The van der Waals surface area contributed by atoms with Crippen LogP contribution in [0, 0.1) is 17.2 Å². The highest BCUT2D eigenvalue weighted by Crippen LogP contribution is 2.39. The number of nitrogens with one attached hydrogen (secondary N) is 1. The Balaban J connectivity index is 1.58. The molecule has 1 aliphatic rings. The van der Waals surface area contributed by atoms with Crippen LogP contribution in [0.25, 0.3) is 6.08 Å². The Morgan fingerprint density at radius 1 is 1.50 bits per heavy atom. The molecule has 2 aromatic heterocycles. The van der Waals surface area contributed by atoms with Crippen molar-refractivity contribution in [3.8, 4) is 6.07 Å². The van der Waals surface area contributed by atoms with Gasteiger partial charge in [-0.2, -0.15) is 16.6 Å². The summed E-state index contributed by atoms with van der Waals surface area (Å²) in [5.41, 5.74) is 2.42. The van der Waals surface area contributed by atoms with E-state index in [1.807, 2.05) is 16.8 Å². The lowest BCUT2D eigenvalue weighted by Crippen LogP contribution is -2.37. The van der Waals surface area contributed by atoms with Gasteiger partial charge in [-0.15, -0.1) is 11.3 Å². The van der Waals surface area contributed by atoms with Gasteiger partial charge in [0.25, 0.3) is 0 Å². The Bertz CT molecular complexity index is 1010. The van der Waals surface area contributed by atoms with E-state index in [-0.39, 0.29) is 25.0 Å². The summed E-state index contributed by atoms with van der Waals surface area (Å²) in [5.74, 6) is -0.181. The molecule has 0 radical (unpaired) electrons. The standard InChI is InChI=1S/C22H25N3O5S2/c1-25(10-16(27)11-26)22(29)30-12-15-2-4-17-18(9-23)21(32-19(17)8-15)24-20(28)5-3-14-6-7-31-13-14/h3,5-7,13,15-16,26-27H,2,4,8,10-12H2,1H3,(H,24,28). The van der Waals surface area contributed by atoms with E-state index in [1.165, 1.54) is 29.4 Å². The molecule has 0 fully saturated rings. The third kappa shape index (κ3) is 6.17. The van der Waals surface area contributed by atoms with Crippen LogP contribution in [0.2, 0.25) is 0 Å². The second-order valence-corrected chi connectivity index (χ2v) is 9.49. The van der Waals surface area contributed by atoms with Crippen LogP contribution >= 0.6 is 22.7 Å². The van der Waals surface area contributed by atoms with Crippen molar-refractivity contribution in [3.05, 3.63) is 44.5 Å². The lowest BCUT2D eigenvalue weighted by molar-refractivity contribution is -0.111. The number of anilines is 1. The van der Waals surface area contributed by atoms with E-state index in [9.17, 15) is 20.0 Å². The second kappa shape index (κ2) is 11.2. The van der Waals surface area contributed by atoms with Gasteiger partial charge in [0.15, 0.2) is 0 Å². The molecule has 2 aromatic rings. The van der Waals surface area contributed by atoms with Crippen LogP contribution in [0.15, 0.2) is 22.9 Å². The molecule has 3 rings (SSSR count). The number of nitriles is 1. The first-order valence-corrected chi connectivity index (χ1v) is 11.9. The zero-order chi connectivity index (χ0) is 23.1. The average Bonchev–Trinajstić information content (AvgIpc) is 3.42.